The summed E-state index contributed by atoms with van der Waals surface area (Å²) in [6, 6.07) is 11.6. The largest absolute Gasteiger partial charge is 0.504 e. The number of phenols is 2. The van der Waals surface area contributed by atoms with Gasteiger partial charge in [0, 0.05) is 12.8 Å². The van der Waals surface area contributed by atoms with Crippen LogP contribution in [-0.4, -0.2) is 29.8 Å². The van der Waals surface area contributed by atoms with Crippen molar-refractivity contribution in [1.29, 1.82) is 0 Å². The topological polar surface area (TPSA) is 78.8 Å². The fourth-order valence-electron chi connectivity index (χ4n) is 1.98. The number of benzene rings is 2. The fraction of sp³-hybridized carbons (Fsp3) is 0.188. The van der Waals surface area contributed by atoms with Crippen molar-refractivity contribution in [2.24, 2.45) is 0 Å². The molecule has 0 bridgehead atoms. The molecule has 2 rings (SSSR count). The van der Waals surface area contributed by atoms with E-state index in [2.05, 4.69) is 5.32 Å². The maximum atomic E-state index is 12.2. The number of para-hydroxylation sites is 2. The van der Waals surface area contributed by atoms with Gasteiger partial charge < -0.3 is 20.3 Å². The lowest BCUT2D eigenvalue weighted by molar-refractivity contribution is 0.102. The maximum Gasteiger partial charge on any atom is 0.259 e. The smallest absolute Gasteiger partial charge is 0.259 e. The lowest BCUT2D eigenvalue weighted by atomic mass is 10.1. The van der Waals surface area contributed by atoms with Crippen LogP contribution >= 0.6 is 0 Å². The second-order valence-corrected chi connectivity index (χ2v) is 4.53. The van der Waals surface area contributed by atoms with E-state index >= 15 is 0 Å². The highest BCUT2D eigenvalue weighted by Crippen LogP contribution is 2.29. The first-order valence-electron chi connectivity index (χ1n) is 6.52. The predicted molar refractivity (Wildman–Crippen MR) is 79.7 cm³/mol. The van der Waals surface area contributed by atoms with E-state index in [1.54, 1.807) is 13.2 Å². The van der Waals surface area contributed by atoms with Crippen LogP contribution in [0.25, 0.3) is 0 Å². The van der Waals surface area contributed by atoms with Crippen LogP contribution in [0.2, 0.25) is 0 Å². The second kappa shape index (κ2) is 6.76. The lowest BCUT2D eigenvalue weighted by Gasteiger charge is -2.12. The summed E-state index contributed by atoms with van der Waals surface area (Å²) < 4.78 is 5.04. The molecular weight excluding hydrogens is 270 g/mol. The summed E-state index contributed by atoms with van der Waals surface area (Å²) >= 11 is 0. The van der Waals surface area contributed by atoms with Crippen LogP contribution < -0.4 is 5.32 Å². The number of carbonyl (C=O) groups is 1. The molecule has 0 atom stereocenters. The molecule has 0 saturated heterocycles. The molecule has 0 aliphatic carbocycles. The van der Waals surface area contributed by atoms with Gasteiger partial charge in [0.25, 0.3) is 5.91 Å². The van der Waals surface area contributed by atoms with E-state index in [9.17, 15) is 15.0 Å². The van der Waals surface area contributed by atoms with Gasteiger partial charge in [-0.25, -0.2) is 0 Å². The normalized spacial score (nSPS) is 10.3. The summed E-state index contributed by atoms with van der Waals surface area (Å²) in [5, 5.41) is 21.9. The molecule has 0 heterocycles. The van der Waals surface area contributed by atoms with Crippen molar-refractivity contribution in [2.75, 3.05) is 19.0 Å². The number of amides is 1. The minimum Gasteiger partial charge on any atom is -0.504 e. The van der Waals surface area contributed by atoms with Gasteiger partial charge >= 0.3 is 0 Å². The number of methoxy groups -OCH3 is 1. The molecule has 0 unspecified atom stereocenters. The van der Waals surface area contributed by atoms with Gasteiger partial charge in [-0.1, -0.05) is 24.3 Å². The highest BCUT2D eigenvalue weighted by Gasteiger charge is 2.15. The van der Waals surface area contributed by atoms with E-state index in [-0.39, 0.29) is 11.3 Å². The van der Waals surface area contributed by atoms with E-state index in [1.165, 1.54) is 18.2 Å². The first kappa shape index (κ1) is 14.9. The SMILES string of the molecule is COCCc1ccccc1NC(=O)c1cccc(O)c1O. The van der Waals surface area contributed by atoms with Crippen LogP contribution in [0.3, 0.4) is 0 Å². The highest BCUT2D eigenvalue weighted by atomic mass is 16.5. The zero-order valence-electron chi connectivity index (χ0n) is 11.7. The van der Waals surface area contributed by atoms with Crippen molar-refractivity contribution in [1.82, 2.24) is 0 Å². The Morgan fingerprint density at radius 2 is 1.90 bits per heavy atom. The maximum absolute atomic E-state index is 12.2. The molecule has 0 aliphatic rings. The molecule has 21 heavy (non-hydrogen) atoms. The van der Waals surface area contributed by atoms with Crippen LogP contribution in [0.1, 0.15) is 15.9 Å². The van der Waals surface area contributed by atoms with Gasteiger partial charge in [-0.3, -0.25) is 4.79 Å². The molecular formula is C16H17NO4. The minimum absolute atomic E-state index is 0.0246. The number of rotatable bonds is 5. The standard InChI is InChI=1S/C16H17NO4/c1-21-10-9-11-5-2-3-7-13(11)17-16(20)12-6-4-8-14(18)15(12)19/h2-8,18-19H,9-10H2,1H3,(H,17,20). The Balaban J connectivity index is 2.22. The number of phenolic OH excluding ortho intramolecular Hbond substituents is 2. The number of hydrogen-bond acceptors (Lipinski definition) is 4. The molecule has 0 aliphatic heterocycles. The Morgan fingerprint density at radius 1 is 1.14 bits per heavy atom. The third kappa shape index (κ3) is 3.52. The van der Waals surface area contributed by atoms with Crippen LogP contribution in [0.4, 0.5) is 5.69 Å². The fourth-order valence-corrected chi connectivity index (χ4v) is 1.98. The molecule has 0 fully saturated rings. The molecule has 110 valence electrons. The first-order valence-corrected chi connectivity index (χ1v) is 6.52. The summed E-state index contributed by atoms with van der Waals surface area (Å²) in [6.07, 6.45) is 0.666. The van der Waals surface area contributed by atoms with Gasteiger partial charge in [0.05, 0.1) is 12.2 Å². The van der Waals surface area contributed by atoms with Crippen molar-refractivity contribution in [2.45, 2.75) is 6.42 Å². The van der Waals surface area contributed by atoms with E-state index in [0.717, 1.165) is 5.56 Å². The average molecular weight is 287 g/mol. The molecule has 2 aromatic carbocycles. The Hall–Kier alpha value is -2.53. The third-order valence-electron chi connectivity index (χ3n) is 3.10. The molecule has 2 aromatic rings. The summed E-state index contributed by atoms with van der Waals surface area (Å²) in [5.41, 5.74) is 1.62. The van der Waals surface area contributed by atoms with E-state index in [0.29, 0.717) is 18.7 Å². The molecule has 0 radical (unpaired) electrons. The molecule has 0 aromatic heterocycles. The Kier molecular flexibility index (Phi) is 4.79. The summed E-state index contributed by atoms with van der Waals surface area (Å²) in [6.45, 7) is 0.546. The monoisotopic (exact) mass is 287 g/mol. The number of nitrogens with one attached hydrogen (secondary N) is 1. The quantitative estimate of drug-likeness (QED) is 0.738. The number of anilines is 1. The minimum atomic E-state index is -0.478. The molecule has 3 N–H and O–H groups in total. The Morgan fingerprint density at radius 3 is 2.67 bits per heavy atom. The van der Waals surface area contributed by atoms with Crippen molar-refractivity contribution in [3.8, 4) is 11.5 Å². The van der Waals surface area contributed by atoms with Crippen LogP contribution in [0.5, 0.6) is 11.5 Å². The number of aromatic hydroxyl groups is 2. The van der Waals surface area contributed by atoms with Gasteiger partial charge in [-0.15, -0.1) is 0 Å². The Labute approximate surface area is 122 Å². The first-order chi connectivity index (χ1) is 10.1. The van der Waals surface area contributed by atoms with Gasteiger partial charge in [-0.05, 0) is 30.2 Å². The zero-order valence-corrected chi connectivity index (χ0v) is 11.7. The van der Waals surface area contributed by atoms with Crippen LogP contribution in [0, 0.1) is 0 Å². The number of carbonyl (C=O) groups excluding carboxylic acids is 1. The highest BCUT2D eigenvalue weighted by molar-refractivity contribution is 6.06. The Bertz CT molecular complexity index is 640. The molecule has 0 saturated carbocycles. The molecule has 1 amide bonds. The number of ether oxygens (including phenoxy) is 1. The van der Waals surface area contributed by atoms with Crippen LogP contribution in [-0.2, 0) is 11.2 Å². The second-order valence-electron chi connectivity index (χ2n) is 4.53. The summed E-state index contributed by atoms with van der Waals surface area (Å²) in [7, 11) is 1.62. The van der Waals surface area contributed by atoms with E-state index < -0.39 is 11.7 Å². The van der Waals surface area contributed by atoms with E-state index in [1.807, 2.05) is 18.2 Å². The molecule has 5 heteroatoms. The van der Waals surface area contributed by atoms with E-state index in [4.69, 9.17) is 4.74 Å². The van der Waals surface area contributed by atoms with Crippen molar-refractivity contribution in [3.63, 3.8) is 0 Å². The van der Waals surface area contributed by atoms with Crippen molar-refractivity contribution < 1.29 is 19.7 Å². The lowest BCUT2D eigenvalue weighted by Crippen LogP contribution is -2.14. The summed E-state index contributed by atoms with van der Waals surface area (Å²) in [4.78, 5) is 12.2. The predicted octanol–water partition coefficient (Wildman–Crippen LogP) is 2.54. The van der Waals surface area contributed by atoms with Gasteiger partial charge in [0.1, 0.15) is 0 Å². The van der Waals surface area contributed by atoms with Crippen molar-refractivity contribution >= 4 is 11.6 Å². The van der Waals surface area contributed by atoms with Crippen LogP contribution in [0.15, 0.2) is 42.5 Å². The van der Waals surface area contributed by atoms with Gasteiger partial charge in [0.15, 0.2) is 11.5 Å². The third-order valence-corrected chi connectivity index (χ3v) is 3.10. The molecule has 0 spiro atoms. The van der Waals surface area contributed by atoms with Crippen molar-refractivity contribution in [3.05, 3.63) is 53.6 Å². The van der Waals surface area contributed by atoms with Gasteiger partial charge in [-0.2, -0.15) is 0 Å². The number of hydrogen-bond donors (Lipinski definition) is 3. The van der Waals surface area contributed by atoms with Gasteiger partial charge in [0.2, 0.25) is 0 Å². The summed E-state index contributed by atoms with van der Waals surface area (Å²) in [5.74, 6) is -1.23. The zero-order chi connectivity index (χ0) is 15.2. The average Bonchev–Trinajstić information content (AvgIpc) is 2.49. The molecule has 5 nitrogen and oxygen atoms in total.